The zero-order chi connectivity index (χ0) is 14.4. The molecule has 1 aromatic rings. The summed E-state index contributed by atoms with van der Waals surface area (Å²) in [7, 11) is 2.04. The van der Waals surface area contributed by atoms with E-state index in [0.717, 1.165) is 13.0 Å². The fourth-order valence-corrected chi connectivity index (χ4v) is 2.27. The maximum absolute atomic E-state index is 11.8. The van der Waals surface area contributed by atoms with Crippen molar-refractivity contribution >= 4 is 17.5 Å². The molecule has 1 aliphatic rings. The van der Waals surface area contributed by atoms with Crippen LogP contribution >= 0.6 is 0 Å². The van der Waals surface area contributed by atoms with Gasteiger partial charge in [-0.05, 0) is 25.0 Å². The number of nitrogens with zero attached hydrogens (tertiary/aromatic N) is 1. The van der Waals surface area contributed by atoms with Crippen molar-refractivity contribution in [3.63, 3.8) is 0 Å². The van der Waals surface area contributed by atoms with Crippen molar-refractivity contribution in [2.24, 2.45) is 0 Å². The summed E-state index contributed by atoms with van der Waals surface area (Å²) in [4.78, 5) is 25.0. The van der Waals surface area contributed by atoms with Crippen LogP contribution in [0.25, 0.3) is 0 Å². The number of para-hydroxylation sites is 1. The molecule has 5 heteroatoms. The zero-order valence-electron chi connectivity index (χ0n) is 11.8. The summed E-state index contributed by atoms with van der Waals surface area (Å²) in [5.41, 5.74) is 1.17. The number of benzene rings is 1. The molecule has 1 atom stereocenters. The molecule has 0 saturated carbocycles. The van der Waals surface area contributed by atoms with Crippen LogP contribution in [0.4, 0.5) is 5.69 Å². The number of rotatable bonds is 6. The molecule has 2 amide bonds. The van der Waals surface area contributed by atoms with E-state index in [2.05, 4.69) is 27.7 Å². The van der Waals surface area contributed by atoms with Gasteiger partial charge in [-0.25, -0.2) is 0 Å². The first-order valence-corrected chi connectivity index (χ1v) is 7.00. The minimum absolute atomic E-state index is 0.0334. The second kappa shape index (κ2) is 6.93. The quantitative estimate of drug-likeness (QED) is 0.759. The van der Waals surface area contributed by atoms with Crippen molar-refractivity contribution in [1.82, 2.24) is 10.6 Å². The molecule has 108 valence electrons. The Morgan fingerprint density at radius 3 is 2.80 bits per heavy atom. The first kappa shape index (κ1) is 14.4. The van der Waals surface area contributed by atoms with Gasteiger partial charge >= 0.3 is 0 Å². The van der Waals surface area contributed by atoms with Gasteiger partial charge in [0.25, 0.3) is 0 Å². The molecule has 5 nitrogen and oxygen atoms in total. The summed E-state index contributed by atoms with van der Waals surface area (Å²) in [5.74, 6) is -0.104. The van der Waals surface area contributed by atoms with Gasteiger partial charge in [0.15, 0.2) is 0 Å². The molecule has 1 heterocycles. The molecule has 0 radical (unpaired) electrons. The van der Waals surface area contributed by atoms with Gasteiger partial charge in [0.2, 0.25) is 11.8 Å². The maximum atomic E-state index is 11.8. The SMILES string of the molecule is CN(CCCNC(=O)[C@H]1CCC(=O)N1)c1ccccc1. The van der Waals surface area contributed by atoms with Gasteiger partial charge in [0.05, 0.1) is 0 Å². The van der Waals surface area contributed by atoms with E-state index in [1.165, 1.54) is 5.69 Å². The van der Waals surface area contributed by atoms with E-state index in [-0.39, 0.29) is 17.9 Å². The number of carbonyl (C=O) groups excluding carboxylic acids is 2. The Balaban J connectivity index is 1.64. The summed E-state index contributed by atoms with van der Waals surface area (Å²) in [6.07, 6.45) is 1.93. The molecule has 1 fully saturated rings. The van der Waals surface area contributed by atoms with Crippen molar-refractivity contribution < 1.29 is 9.59 Å². The van der Waals surface area contributed by atoms with Gasteiger partial charge in [-0.1, -0.05) is 18.2 Å². The highest BCUT2D eigenvalue weighted by Crippen LogP contribution is 2.10. The highest BCUT2D eigenvalue weighted by molar-refractivity contribution is 5.90. The van der Waals surface area contributed by atoms with E-state index in [1.807, 2.05) is 25.2 Å². The number of hydrogen-bond acceptors (Lipinski definition) is 3. The second-order valence-electron chi connectivity index (χ2n) is 5.06. The molecule has 1 aliphatic heterocycles. The Morgan fingerprint density at radius 1 is 1.40 bits per heavy atom. The van der Waals surface area contributed by atoms with E-state index in [4.69, 9.17) is 0 Å². The third kappa shape index (κ3) is 3.98. The second-order valence-corrected chi connectivity index (χ2v) is 5.06. The normalized spacial score (nSPS) is 17.6. The summed E-state index contributed by atoms with van der Waals surface area (Å²) in [5, 5.41) is 5.54. The minimum Gasteiger partial charge on any atom is -0.375 e. The van der Waals surface area contributed by atoms with E-state index in [0.29, 0.717) is 19.4 Å². The maximum Gasteiger partial charge on any atom is 0.242 e. The predicted molar refractivity (Wildman–Crippen MR) is 78.5 cm³/mol. The lowest BCUT2D eigenvalue weighted by molar-refractivity contribution is -0.125. The molecule has 0 aliphatic carbocycles. The highest BCUT2D eigenvalue weighted by atomic mass is 16.2. The molecule has 2 N–H and O–H groups in total. The summed E-state index contributed by atoms with van der Waals surface area (Å²) in [6, 6.07) is 9.80. The van der Waals surface area contributed by atoms with Crippen molar-refractivity contribution in [2.75, 3.05) is 25.0 Å². The van der Waals surface area contributed by atoms with E-state index < -0.39 is 0 Å². The van der Waals surface area contributed by atoms with Gasteiger partial charge in [-0.2, -0.15) is 0 Å². The van der Waals surface area contributed by atoms with Crippen molar-refractivity contribution in [3.05, 3.63) is 30.3 Å². The predicted octanol–water partition coefficient (Wildman–Crippen LogP) is 0.908. The number of hydrogen-bond donors (Lipinski definition) is 2. The number of carbonyl (C=O) groups is 2. The molecular weight excluding hydrogens is 254 g/mol. The Labute approximate surface area is 119 Å². The van der Waals surface area contributed by atoms with Crippen LogP contribution in [0, 0.1) is 0 Å². The first-order valence-electron chi connectivity index (χ1n) is 7.00. The number of nitrogens with one attached hydrogen (secondary N) is 2. The molecule has 1 aromatic carbocycles. The van der Waals surface area contributed by atoms with Crippen LogP contribution < -0.4 is 15.5 Å². The summed E-state index contributed by atoms with van der Waals surface area (Å²) < 4.78 is 0. The van der Waals surface area contributed by atoms with Crippen LogP contribution in [-0.4, -0.2) is 38.0 Å². The third-order valence-electron chi connectivity index (χ3n) is 3.48. The monoisotopic (exact) mass is 275 g/mol. The lowest BCUT2D eigenvalue weighted by Gasteiger charge is -2.19. The standard InChI is InChI=1S/C15H21N3O2/c1-18(12-6-3-2-4-7-12)11-5-10-16-15(20)13-8-9-14(19)17-13/h2-4,6-7,13H,5,8-11H2,1H3,(H,16,20)(H,17,19)/t13-/m1/s1. The molecule has 0 unspecified atom stereocenters. The molecule has 0 aromatic heterocycles. The van der Waals surface area contributed by atoms with Crippen LogP contribution in [-0.2, 0) is 9.59 Å². The Bertz CT molecular complexity index is 461. The van der Waals surface area contributed by atoms with Gasteiger partial charge < -0.3 is 15.5 Å². The van der Waals surface area contributed by atoms with Crippen molar-refractivity contribution in [2.45, 2.75) is 25.3 Å². The van der Waals surface area contributed by atoms with Crippen LogP contribution in [0.2, 0.25) is 0 Å². The minimum atomic E-state index is -0.339. The summed E-state index contributed by atoms with van der Waals surface area (Å²) in [6.45, 7) is 1.50. The Morgan fingerprint density at radius 2 is 2.15 bits per heavy atom. The van der Waals surface area contributed by atoms with Crippen molar-refractivity contribution in [1.29, 1.82) is 0 Å². The van der Waals surface area contributed by atoms with Gasteiger partial charge in [-0.3, -0.25) is 9.59 Å². The van der Waals surface area contributed by atoms with Crippen LogP contribution in [0.3, 0.4) is 0 Å². The molecular formula is C15H21N3O2. The molecule has 1 saturated heterocycles. The molecule has 2 rings (SSSR count). The van der Waals surface area contributed by atoms with E-state index in [1.54, 1.807) is 0 Å². The van der Waals surface area contributed by atoms with Crippen molar-refractivity contribution in [3.8, 4) is 0 Å². The van der Waals surface area contributed by atoms with Gasteiger partial charge in [0, 0.05) is 32.2 Å². The van der Waals surface area contributed by atoms with Gasteiger partial charge in [0.1, 0.15) is 6.04 Å². The van der Waals surface area contributed by atoms with Gasteiger partial charge in [-0.15, -0.1) is 0 Å². The first-order chi connectivity index (χ1) is 9.66. The lowest BCUT2D eigenvalue weighted by Crippen LogP contribution is -2.42. The molecule has 0 bridgehead atoms. The van der Waals surface area contributed by atoms with Crippen LogP contribution in [0.15, 0.2) is 30.3 Å². The average molecular weight is 275 g/mol. The highest BCUT2D eigenvalue weighted by Gasteiger charge is 2.26. The zero-order valence-corrected chi connectivity index (χ0v) is 11.8. The lowest BCUT2D eigenvalue weighted by atomic mass is 10.2. The van der Waals surface area contributed by atoms with E-state index in [9.17, 15) is 9.59 Å². The number of anilines is 1. The smallest absolute Gasteiger partial charge is 0.242 e. The van der Waals surface area contributed by atoms with Crippen LogP contribution in [0.5, 0.6) is 0 Å². The van der Waals surface area contributed by atoms with E-state index >= 15 is 0 Å². The fraction of sp³-hybridized carbons (Fsp3) is 0.467. The average Bonchev–Trinajstić information content (AvgIpc) is 2.91. The third-order valence-corrected chi connectivity index (χ3v) is 3.48. The largest absolute Gasteiger partial charge is 0.375 e. The Kier molecular flexibility index (Phi) is 4.98. The summed E-state index contributed by atoms with van der Waals surface area (Å²) >= 11 is 0. The fourth-order valence-electron chi connectivity index (χ4n) is 2.27. The topological polar surface area (TPSA) is 61.4 Å². The number of amides is 2. The van der Waals surface area contributed by atoms with Crippen LogP contribution in [0.1, 0.15) is 19.3 Å². The Hall–Kier alpha value is -2.04. The molecule has 20 heavy (non-hydrogen) atoms. The molecule has 0 spiro atoms.